The Morgan fingerprint density at radius 3 is 2.73 bits per heavy atom. The number of hydrazone groups is 1. The van der Waals surface area contributed by atoms with E-state index in [1.54, 1.807) is 41.7 Å². The Hall–Kier alpha value is -2.90. The molecule has 4 aromatic rings. The van der Waals surface area contributed by atoms with Gasteiger partial charge in [0, 0.05) is 5.56 Å². The van der Waals surface area contributed by atoms with Gasteiger partial charge < -0.3 is 4.42 Å². The van der Waals surface area contributed by atoms with Gasteiger partial charge in [0.2, 0.25) is 0 Å². The van der Waals surface area contributed by atoms with Gasteiger partial charge in [0.25, 0.3) is 5.91 Å². The van der Waals surface area contributed by atoms with E-state index in [1.807, 2.05) is 36.4 Å². The van der Waals surface area contributed by atoms with Crippen molar-refractivity contribution in [3.63, 3.8) is 0 Å². The number of aromatic nitrogens is 1. The molecular formula is C19H13N3O2S2. The number of carbonyl (C=O) groups excluding carboxylic acids is 1. The number of hydrogen-bond acceptors (Lipinski definition) is 6. The third kappa shape index (κ3) is 3.84. The maximum atomic E-state index is 11.9. The molecule has 1 N–H and O–H groups in total. The fourth-order valence-corrected chi connectivity index (χ4v) is 4.22. The lowest BCUT2D eigenvalue weighted by molar-refractivity contribution is 0.0955. The number of benzene rings is 2. The fraction of sp³-hybridized carbons (Fsp3) is 0. The predicted octanol–water partition coefficient (Wildman–Crippen LogP) is 4.80. The molecule has 0 spiro atoms. The summed E-state index contributed by atoms with van der Waals surface area (Å²) in [7, 11) is 0. The van der Waals surface area contributed by atoms with Crippen LogP contribution in [-0.4, -0.2) is 17.1 Å². The zero-order valence-corrected chi connectivity index (χ0v) is 15.1. The van der Waals surface area contributed by atoms with Gasteiger partial charge >= 0.3 is 0 Å². The molecule has 5 nitrogen and oxygen atoms in total. The average molecular weight is 379 g/mol. The Balaban J connectivity index is 1.39. The van der Waals surface area contributed by atoms with Crippen molar-refractivity contribution in [3.8, 4) is 0 Å². The minimum absolute atomic E-state index is 0.266. The first-order valence-electron chi connectivity index (χ1n) is 7.80. The number of hydrogen-bond donors (Lipinski definition) is 1. The molecule has 26 heavy (non-hydrogen) atoms. The number of nitrogens with one attached hydrogen (secondary N) is 1. The quantitative estimate of drug-likeness (QED) is 0.399. The van der Waals surface area contributed by atoms with Crippen LogP contribution in [0.2, 0.25) is 0 Å². The number of fused-ring (bicyclic) bond motifs is 1. The number of rotatable bonds is 5. The monoisotopic (exact) mass is 379 g/mol. The topological polar surface area (TPSA) is 67.5 Å². The Morgan fingerprint density at radius 1 is 1.08 bits per heavy atom. The van der Waals surface area contributed by atoms with Crippen LogP contribution in [0.1, 0.15) is 16.1 Å². The molecule has 0 aliphatic carbocycles. The van der Waals surface area contributed by atoms with Crippen LogP contribution in [0.15, 0.2) is 85.7 Å². The normalized spacial score (nSPS) is 11.2. The molecule has 7 heteroatoms. The van der Waals surface area contributed by atoms with Gasteiger partial charge in [0.15, 0.2) is 9.43 Å². The van der Waals surface area contributed by atoms with Crippen LogP contribution in [0.4, 0.5) is 0 Å². The number of carbonyl (C=O) groups is 1. The van der Waals surface area contributed by atoms with Crippen molar-refractivity contribution in [2.24, 2.45) is 5.10 Å². The lowest BCUT2D eigenvalue weighted by atomic mass is 10.2. The predicted molar refractivity (Wildman–Crippen MR) is 104 cm³/mol. The third-order valence-electron chi connectivity index (χ3n) is 3.46. The number of thiazole rings is 1. The van der Waals surface area contributed by atoms with E-state index < -0.39 is 0 Å². The van der Waals surface area contributed by atoms with Crippen LogP contribution < -0.4 is 5.43 Å². The van der Waals surface area contributed by atoms with Gasteiger partial charge in [0.1, 0.15) is 5.76 Å². The van der Waals surface area contributed by atoms with Crippen molar-refractivity contribution >= 4 is 45.4 Å². The van der Waals surface area contributed by atoms with E-state index in [-0.39, 0.29) is 5.91 Å². The van der Waals surface area contributed by atoms with Crippen molar-refractivity contribution in [1.29, 1.82) is 0 Å². The van der Waals surface area contributed by atoms with E-state index in [2.05, 4.69) is 15.5 Å². The van der Waals surface area contributed by atoms with Crippen molar-refractivity contribution in [3.05, 3.63) is 78.1 Å². The lowest BCUT2D eigenvalue weighted by Gasteiger charge is -1.97. The first-order chi connectivity index (χ1) is 12.8. The highest BCUT2D eigenvalue weighted by atomic mass is 32.2. The number of furan rings is 1. The molecule has 0 aliphatic rings. The average Bonchev–Trinajstić information content (AvgIpc) is 3.28. The Labute approximate surface area is 157 Å². The molecule has 0 bridgehead atoms. The van der Waals surface area contributed by atoms with E-state index >= 15 is 0 Å². The summed E-state index contributed by atoms with van der Waals surface area (Å²) >= 11 is 3.08. The molecule has 4 rings (SSSR count). The molecule has 2 aromatic heterocycles. The summed E-state index contributed by atoms with van der Waals surface area (Å²) in [6.45, 7) is 0. The van der Waals surface area contributed by atoms with Crippen molar-refractivity contribution < 1.29 is 9.21 Å². The van der Waals surface area contributed by atoms with Gasteiger partial charge in [-0.2, -0.15) is 5.10 Å². The maximum Gasteiger partial charge on any atom is 0.271 e. The third-order valence-corrected chi connectivity index (χ3v) is 5.48. The molecule has 0 unspecified atom stereocenters. The summed E-state index contributed by atoms with van der Waals surface area (Å²) in [4.78, 5) is 16.5. The zero-order chi connectivity index (χ0) is 17.8. The van der Waals surface area contributed by atoms with Crippen molar-refractivity contribution in [1.82, 2.24) is 10.4 Å². The minimum Gasteiger partial charge on any atom is -0.448 e. The first kappa shape index (κ1) is 16.6. The summed E-state index contributed by atoms with van der Waals surface area (Å²) in [6, 6.07) is 20.6. The lowest BCUT2D eigenvalue weighted by Crippen LogP contribution is -2.17. The highest BCUT2D eigenvalue weighted by Gasteiger charge is 2.08. The van der Waals surface area contributed by atoms with Crippen LogP contribution in [0, 0.1) is 0 Å². The zero-order valence-electron chi connectivity index (χ0n) is 13.5. The molecular weight excluding hydrogens is 366 g/mol. The van der Waals surface area contributed by atoms with Gasteiger partial charge in [-0.05, 0) is 48.2 Å². The van der Waals surface area contributed by atoms with Crippen molar-refractivity contribution in [2.45, 2.75) is 9.43 Å². The van der Waals surface area contributed by atoms with Crippen LogP contribution in [0.3, 0.4) is 0 Å². The standard InChI is InChI=1S/C19H13N3O2S2/c23-18(13-6-2-1-3-7-13)22-20-12-14-10-11-17(24-14)26-19-21-15-8-4-5-9-16(15)25-19/h1-12H,(H,22,23)/b20-12+. The van der Waals surface area contributed by atoms with Gasteiger partial charge in [0.05, 0.1) is 16.4 Å². The number of amides is 1. The van der Waals surface area contributed by atoms with E-state index in [0.717, 1.165) is 19.6 Å². The summed E-state index contributed by atoms with van der Waals surface area (Å²) in [5, 5.41) is 4.65. The molecule has 0 fully saturated rings. The molecule has 0 aliphatic heterocycles. The second-order valence-corrected chi connectivity index (χ2v) is 7.55. The van der Waals surface area contributed by atoms with Gasteiger partial charge in [-0.15, -0.1) is 11.3 Å². The van der Waals surface area contributed by atoms with E-state index in [4.69, 9.17) is 4.42 Å². The van der Waals surface area contributed by atoms with Crippen LogP contribution >= 0.6 is 23.1 Å². The molecule has 0 saturated carbocycles. The molecule has 0 atom stereocenters. The minimum atomic E-state index is -0.266. The van der Waals surface area contributed by atoms with Gasteiger partial charge in [-0.3, -0.25) is 4.79 Å². The second kappa shape index (κ2) is 7.55. The first-order valence-corrected chi connectivity index (χ1v) is 9.43. The Bertz CT molecular complexity index is 1040. The van der Waals surface area contributed by atoms with E-state index in [1.165, 1.54) is 18.0 Å². The Kier molecular flexibility index (Phi) is 4.81. The van der Waals surface area contributed by atoms with Crippen LogP contribution in [0.25, 0.3) is 10.2 Å². The fourth-order valence-electron chi connectivity index (χ4n) is 2.25. The second-order valence-electron chi connectivity index (χ2n) is 5.27. The van der Waals surface area contributed by atoms with Gasteiger partial charge in [-0.25, -0.2) is 10.4 Å². The SMILES string of the molecule is O=C(N/N=C/c1ccc(Sc2nc3ccccc3s2)o1)c1ccccc1. The van der Waals surface area contributed by atoms with Crippen molar-refractivity contribution in [2.75, 3.05) is 0 Å². The molecule has 1 amide bonds. The maximum absolute atomic E-state index is 11.9. The van der Waals surface area contributed by atoms with Gasteiger partial charge in [-0.1, -0.05) is 30.3 Å². The number of para-hydroxylation sites is 1. The van der Waals surface area contributed by atoms with Crippen LogP contribution in [0.5, 0.6) is 0 Å². The molecule has 2 heterocycles. The highest BCUT2D eigenvalue weighted by Crippen LogP contribution is 2.34. The largest absolute Gasteiger partial charge is 0.448 e. The summed E-state index contributed by atoms with van der Waals surface area (Å²) in [5.74, 6) is 0.291. The molecule has 2 aromatic carbocycles. The molecule has 0 radical (unpaired) electrons. The van der Waals surface area contributed by atoms with E-state index in [9.17, 15) is 4.79 Å². The molecule has 128 valence electrons. The smallest absolute Gasteiger partial charge is 0.271 e. The van der Waals surface area contributed by atoms with Crippen LogP contribution in [-0.2, 0) is 0 Å². The summed E-state index contributed by atoms with van der Waals surface area (Å²) in [6.07, 6.45) is 1.48. The summed E-state index contributed by atoms with van der Waals surface area (Å²) < 4.78 is 7.76. The Morgan fingerprint density at radius 2 is 1.88 bits per heavy atom. The highest BCUT2D eigenvalue weighted by molar-refractivity contribution is 8.01. The summed E-state index contributed by atoms with van der Waals surface area (Å²) in [5.41, 5.74) is 4.01. The molecule has 0 saturated heterocycles. The number of nitrogens with zero attached hydrogens (tertiary/aromatic N) is 2. The van der Waals surface area contributed by atoms with E-state index in [0.29, 0.717) is 11.3 Å².